The Bertz CT molecular complexity index is 1010. The third kappa shape index (κ3) is 10.6. The minimum absolute atomic E-state index is 0.0206. The highest BCUT2D eigenvalue weighted by Crippen LogP contribution is 2.44. The van der Waals surface area contributed by atoms with Crippen LogP contribution in [-0.4, -0.2) is 9.55 Å². The molecular weight excluding hydrogens is 484 g/mol. The van der Waals surface area contributed by atoms with Gasteiger partial charge in [-0.25, -0.2) is 4.98 Å². The van der Waals surface area contributed by atoms with Crippen molar-refractivity contribution in [1.29, 1.82) is 0 Å². The van der Waals surface area contributed by atoms with E-state index in [9.17, 15) is 0 Å². The maximum Gasteiger partial charge on any atom is 0.112 e. The lowest BCUT2D eigenvalue weighted by atomic mass is 9.66. The fourth-order valence-electron chi connectivity index (χ4n) is 6.54. The highest BCUT2D eigenvalue weighted by molar-refractivity contribution is 5.33. The number of unbranched alkanes of at least 4 members (excludes halogenated alkanes) is 13. The van der Waals surface area contributed by atoms with Gasteiger partial charge in [-0.05, 0) is 30.4 Å². The Morgan fingerprint density at radius 3 is 1.77 bits per heavy atom. The Hall–Kier alpha value is -2.35. The lowest BCUT2D eigenvalue weighted by Crippen LogP contribution is -2.35. The Labute approximate surface area is 247 Å². The minimum atomic E-state index is -0.0206. The van der Waals surface area contributed by atoms with Gasteiger partial charge >= 0.3 is 0 Å². The van der Waals surface area contributed by atoms with Crippen molar-refractivity contribution in [2.45, 2.75) is 148 Å². The SMILES string of the molecule is CCCCCCCCCCCCC(c1nccn1CCCCCCC)C(C)(Cc1ccccc1)c1ccccc1. The van der Waals surface area contributed by atoms with Crippen LogP contribution in [0.25, 0.3) is 0 Å². The number of benzene rings is 2. The van der Waals surface area contributed by atoms with E-state index in [4.69, 9.17) is 4.98 Å². The van der Waals surface area contributed by atoms with E-state index in [1.807, 2.05) is 0 Å². The molecule has 2 heteroatoms. The summed E-state index contributed by atoms with van der Waals surface area (Å²) in [5.74, 6) is 1.68. The van der Waals surface area contributed by atoms with Crippen molar-refractivity contribution in [3.63, 3.8) is 0 Å². The molecule has 3 rings (SSSR count). The number of rotatable bonds is 22. The van der Waals surface area contributed by atoms with Gasteiger partial charge in [-0.3, -0.25) is 0 Å². The van der Waals surface area contributed by atoms with Crippen LogP contribution in [0, 0.1) is 0 Å². The van der Waals surface area contributed by atoms with E-state index in [1.165, 1.54) is 120 Å². The Morgan fingerprint density at radius 1 is 0.650 bits per heavy atom. The second-order valence-corrected chi connectivity index (χ2v) is 12.4. The fourth-order valence-corrected chi connectivity index (χ4v) is 6.54. The van der Waals surface area contributed by atoms with Gasteiger partial charge in [-0.1, -0.05) is 171 Å². The third-order valence-corrected chi connectivity index (χ3v) is 9.02. The summed E-state index contributed by atoms with van der Waals surface area (Å²) in [7, 11) is 0. The zero-order valence-electron chi connectivity index (χ0n) is 26.1. The van der Waals surface area contributed by atoms with Gasteiger partial charge in [0.1, 0.15) is 5.82 Å². The van der Waals surface area contributed by atoms with Gasteiger partial charge in [0.25, 0.3) is 0 Å². The molecule has 3 aromatic rings. The van der Waals surface area contributed by atoms with Gasteiger partial charge in [0.15, 0.2) is 0 Å². The maximum absolute atomic E-state index is 5.09. The number of nitrogens with zero attached hydrogens (tertiary/aromatic N) is 2. The van der Waals surface area contributed by atoms with Crippen LogP contribution in [0.5, 0.6) is 0 Å². The van der Waals surface area contributed by atoms with E-state index in [0.29, 0.717) is 5.92 Å². The Kier molecular flexibility index (Phi) is 15.2. The Balaban J connectivity index is 1.76. The summed E-state index contributed by atoms with van der Waals surface area (Å²) in [6.45, 7) is 8.19. The zero-order chi connectivity index (χ0) is 28.3. The van der Waals surface area contributed by atoms with Crippen LogP contribution in [0.15, 0.2) is 73.1 Å². The molecule has 0 N–H and O–H groups in total. The molecule has 1 heterocycles. The van der Waals surface area contributed by atoms with Gasteiger partial charge in [0.2, 0.25) is 0 Å². The molecule has 2 nitrogen and oxygen atoms in total. The van der Waals surface area contributed by atoms with Gasteiger partial charge in [0, 0.05) is 30.3 Å². The second-order valence-electron chi connectivity index (χ2n) is 12.4. The summed E-state index contributed by atoms with van der Waals surface area (Å²) in [4.78, 5) is 5.09. The molecule has 0 aliphatic rings. The van der Waals surface area contributed by atoms with Crippen molar-refractivity contribution in [3.05, 3.63) is 90.0 Å². The Morgan fingerprint density at radius 2 is 1.18 bits per heavy atom. The van der Waals surface area contributed by atoms with Crippen molar-refractivity contribution in [1.82, 2.24) is 9.55 Å². The van der Waals surface area contributed by atoms with Crippen molar-refractivity contribution < 1.29 is 0 Å². The predicted molar refractivity (Wildman–Crippen MR) is 174 cm³/mol. The molecule has 0 saturated carbocycles. The molecule has 2 atom stereocenters. The third-order valence-electron chi connectivity index (χ3n) is 9.02. The first kappa shape index (κ1) is 32.2. The van der Waals surface area contributed by atoms with E-state index in [0.717, 1.165) is 13.0 Å². The summed E-state index contributed by atoms with van der Waals surface area (Å²) in [5, 5.41) is 0. The van der Waals surface area contributed by atoms with Gasteiger partial charge in [-0.2, -0.15) is 0 Å². The van der Waals surface area contributed by atoms with Gasteiger partial charge < -0.3 is 4.57 Å². The summed E-state index contributed by atoms with van der Waals surface area (Å²) in [5.41, 5.74) is 2.83. The van der Waals surface area contributed by atoms with E-state index in [2.05, 4.69) is 98.4 Å². The van der Waals surface area contributed by atoms with Gasteiger partial charge in [-0.15, -0.1) is 0 Å². The first-order valence-corrected chi connectivity index (χ1v) is 16.8. The molecule has 2 unspecified atom stereocenters. The number of aromatic nitrogens is 2. The number of imidazole rings is 1. The standard InChI is InChI=1S/C38H58N2/c1-4-6-8-10-11-12-13-14-15-23-29-36(37-39-30-32-40(37)31-24-16-9-7-5-2)38(3,35-27-21-18-22-28-35)33-34-25-19-17-20-26-34/h17-22,25-28,30,32,36H,4-16,23-24,29,31,33H2,1-3H3. The quantitative estimate of drug-likeness (QED) is 0.115. The van der Waals surface area contributed by atoms with Crippen LogP contribution >= 0.6 is 0 Å². The highest BCUT2D eigenvalue weighted by atomic mass is 15.1. The topological polar surface area (TPSA) is 17.8 Å². The molecule has 0 aliphatic carbocycles. The van der Waals surface area contributed by atoms with Crippen LogP contribution in [0.2, 0.25) is 0 Å². The van der Waals surface area contributed by atoms with Crippen molar-refractivity contribution in [3.8, 4) is 0 Å². The fraction of sp³-hybridized carbons (Fsp3) is 0.605. The van der Waals surface area contributed by atoms with Crippen molar-refractivity contribution >= 4 is 0 Å². The number of hydrogen-bond acceptors (Lipinski definition) is 1. The normalized spacial score (nSPS) is 13.8. The minimum Gasteiger partial charge on any atom is -0.335 e. The van der Waals surface area contributed by atoms with Gasteiger partial charge in [0.05, 0.1) is 0 Å². The molecule has 1 aromatic heterocycles. The molecular formula is C38H58N2. The number of aryl methyl sites for hydroxylation is 1. The summed E-state index contributed by atoms with van der Waals surface area (Å²) in [6, 6.07) is 22.4. The van der Waals surface area contributed by atoms with E-state index < -0.39 is 0 Å². The molecule has 0 radical (unpaired) electrons. The van der Waals surface area contributed by atoms with Crippen LogP contribution < -0.4 is 0 Å². The second kappa shape index (κ2) is 18.9. The predicted octanol–water partition coefficient (Wildman–Crippen LogP) is 11.4. The molecule has 2 aromatic carbocycles. The van der Waals surface area contributed by atoms with Crippen LogP contribution in [0.4, 0.5) is 0 Å². The zero-order valence-corrected chi connectivity index (χ0v) is 26.1. The number of hydrogen-bond donors (Lipinski definition) is 0. The van der Waals surface area contributed by atoms with E-state index >= 15 is 0 Å². The summed E-state index contributed by atoms with van der Waals surface area (Å²) in [6.07, 6.45) is 26.9. The molecule has 0 fully saturated rings. The highest BCUT2D eigenvalue weighted by Gasteiger charge is 2.39. The summed E-state index contributed by atoms with van der Waals surface area (Å²) >= 11 is 0. The molecule has 0 amide bonds. The molecule has 0 aliphatic heterocycles. The van der Waals surface area contributed by atoms with Crippen molar-refractivity contribution in [2.75, 3.05) is 0 Å². The first-order chi connectivity index (χ1) is 19.7. The van der Waals surface area contributed by atoms with E-state index in [-0.39, 0.29) is 5.41 Å². The maximum atomic E-state index is 5.09. The molecule has 0 spiro atoms. The molecule has 220 valence electrons. The molecule has 0 saturated heterocycles. The molecule has 40 heavy (non-hydrogen) atoms. The molecule has 0 bridgehead atoms. The summed E-state index contributed by atoms with van der Waals surface area (Å²) < 4.78 is 2.50. The first-order valence-electron chi connectivity index (χ1n) is 16.8. The average molecular weight is 543 g/mol. The lowest BCUT2D eigenvalue weighted by Gasteiger charge is -2.39. The monoisotopic (exact) mass is 542 g/mol. The van der Waals surface area contributed by atoms with Crippen molar-refractivity contribution in [2.24, 2.45) is 0 Å². The smallest absolute Gasteiger partial charge is 0.112 e. The van der Waals surface area contributed by atoms with E-state index in [1.54, 1.807) is 0 Å². The largest absolute Gasteiger partial charge is 0.335 e. The lowest BCUT2D eigenvalue weighted by molar-refractivity contribution is 0.321. The van der Waals surface area contributed by atoms with Crippen LogP contribution in [0.1, 0.15) is 146 Å². The van der Waals surface area contributed by atoms with Crippen LogP contribution in [0.3, 0.4) is 0 Å². The average Bonchev–Trinajstić information content (AvgIpc) is 3.44. The van der Waals surface area contributed by atoms with Crippen LogP contribution in [-0.2, 0) is 18.4 Å².